The molecule has 0 unspecified atom stereocenters. The third-order valence-electron chi connectivity index (χ3n) is 1.23. The van der Waals surface area contributed by atoms with Gasteiger partial charge in [0.05, 0.1) is 0 Å². The normalized spacial score (nSPS) is 8.50. The Labute approximate surface area is 76.2 Å². The van der Waals surface area contributed by atoms with Gasteiger partial charge in [0.1, 0.15) is 0 Å². The van der Waals surface area contributed by atoms with E-state index in [9.17, 15) is 0 Å². The quantitative estimate of drug-likeness (QED) is 0.674. The molecule has 0 N–H and O–H groups in total. The molecule has 0 bridgehead atoms. The lowest BCUT2D eigenvalue weighted by Gasteiger charge is -1.92. The predicted molar refractivity (Wildman–Crippen MR) is 51.2 cm³/mol. The molecule has 1 rings (SSSR count). The van der Waals surface area contributed by atoms with Crippen molar-refractivity contribution in [3.05, 3.63) is 35.9 Å². The first kappa shape index (κ1) is 9.99. The monoisotopic (exact) mass is 220 g/mol. The highest BCUT2D eigenvalue weighted by molar-refractivity contribution is 9.09. The fraction of sp³-hybridized carbons (Fsp3) is 0.250. The molecule has 0 nitrogen and oxygen atoms in total. The van der Waals surface area contributed by atoms with Crippen LogP contribution in [0.3, 0.4) is 0 Å². The molecule has 0 aromatic heterocycles. The van der Waals surface area contributed by atoms with Crippen LogP contribution in [0.1, 0.15) is 5.56 Å². The Morgan fingerprint density at radius 1 is 1.10 bits per heavy atom. The van der Waals surface area contributed by atoms with E-state index in [0.717, 1.165) is 11.8 Å². The molecule has 0 amide bonds. The Hall–Kier alpha value is -0.0100. The van der Waals surface area contributed by atoms with Crippen molar-refractivity contribution >= 4 is 28.3 Å². The van der Waals surface area contributed by atoms with Crippen LogP contribution in [0.4, 0.5) is 0 Å². The van der Waals surface area contributed by atoms with Crippen molar-refractivity contribution in [2.24, 2.45) is 0 Å². The Kier molecular flexibility index (Phi) is 5.74. The summed E-state index contributed by atoms with van der Waals surface area (Å²) >= 11 is 3.39. The fourth-order valence-corrected chi connectivity index (χ4v) is 1.21. The summed E-state index contributed by atoms with van der Waals surface area (Å²) < 4.78 is 0. The van der Waals surface area contributed by atoms with Gasteiger partial charge in [0.2, 0.25) is 0 Å². The summed E-state index contributed by atoms with van der Waals surface area (Å²) in [7, 11) is 0. The molecule has 0 aliphatic rings. The van der Waals surface area contributed by atoms with Gasteiger partial charge in [-0.05, 0) is 12.0 Å². The molecule has 10 heavy (non-hydrogen) atoms. The number of hydrogen-bond acceptors (Lipinski definition) is 0. The molecule has 0 aliphatic heterocycles. The van der Waals surface area contributed by atoms with Gasteiger partial charge in [-0.25, -0.2) is 0 Å². The minimum Gasteiger partial charge on any atom is -0.147 e. The maximum atomic E-state index is 3.39. The van der Waals surface area contributed by atoms with Crippen LogP contribution in [-0.4, -0.2) is 5.33 Å². The number of rotatable bonds is 2. The highest BCUT2D eigenvalue weighted by Gasteiger charge is 1.85. The zero-order valence-corrected chi connectivity index (χ0v) is 7.99. The molecule has 0 aliphatic carbocycles. The lowest BCUT2D eigenvalue weighted by molar-refractivity contribution is 1.17. The maximum Gasteiger partial charge on any atom is 0.00718 e. The summed E-state index contributed by atoms with van der Waals surface area (Å²) in [6.07, 6.45) is 1.13. The van der Waals surface area contributed by atoms with E-state index in [1.807, 2.05) is 6.07 Å². The van der Waals surface area contributed by atoms with Crippen LogP contribution in [0.15, 0.2) is 30.3 Å². The number of alkyl halides is 1. The van der Waals surface area contributed by atoms with E-state index in [-0.39, 0.29) is 12.4 Å². The van der Waals surface area contributed by atoms with E-state index >= 15 is 0 Å². The Morgan fingerprint density at radius 3 is 2.20 bits per heavy atom. The van der Waals surface area contributed by atoms with Crippen LogP contribution in [0, 0.1) is 0 Å². The van der Waals surface area contributed by atoms with Gasteiger partial charge in [0, 0.05) is 5.33 Å². The summed E-state index contributed by atoms with van der Waals surface area (Å²) in [5.74, 6) is 0. The number of halogens is 2. The lowest BCUT2D eigenvalue weighted by atomic mass is 10.2. The summed E-state index contributed by atoms with van der Waals surface area (Å²) in [5, 5.41) is 1.05. The fourth-order valence-electron chi connectivity index (χ4n) is 0.754. The van der Waals surface area contributed by atoms with E-state index < -0.39 is 0 Å². The number of hydrogen-bond donors (Lipinski definition) is 0. The van der Waals surface area contributed by atoms with E-state index in [4.69, 9.17) is 0 Å². The average Bonchev–Trinajstić information content (AvgIpc) is 1.91. The highest BCUT2D eigenvalue weighted by Crippen LogP contribution is 2.00. The zero-order chi connectivity index (χ0) is 6.53. The zero-order valence-electron chi connectivity index (χ0n) is 5.59. The number of benzene rings is 1. The molecule has 1 aromatic carbocycles. The second kappa shape index (κ2) is 5.75. The SMILES string of the molecule is BrCCc1ccccc1.Cl. The van der Waals surface area contributed by atoms with E-state index in [2.05, 4.69) is 40.2 Å². The van der Waals surface area contributed by atoms with Gasteiger partial charge >= 0.3 is 0 Å². The van der Waals surface area contributed by atoms with E-state index in [1.165, 1.54) is 5.56 Å². The van der Waals surface area contributed by atoms with E-state index in [1.54, 1.807) is 0 Å². The lowest BCUT2D eigenvalue weighted by Crippen LogP contribution is -1.82. The summed E-state index contributed by atoms with van der Waals surface area (Å²) in [6, 6.07) is 10.5. The Morgan fingerprint density at radius 2 is 1.70 bits per heavy atom. The molecule has 0 saturated carbocycles. The second-order valence-corrected chi connectivity index (χ2v) is 2.72. The summed E-state index contributed by atoms with van der Waals surface area (Å²) in [5.41, 5.74) is 1.40. The third kappa shape index (κ3) is 3.23. The van der Waals surface area contributed by atoms with Gasteiger partial charge < -0.3 is 0 Å². The van der Waals surface area contributed by atoms with Crippen molar-refractivity contribution in [3.8, 4) is 0 Å². The molecule has 56 valence electrons. The van der Waals surface area contributed by atoms with Crippen LogP contribution in [-0.2, 0) is 6.42 Å². The highest BCUT2D eigenvalue weighted by atomic mass is 79.9. The number of aryl methyl sites for hydroxylation is 1. The van der Waals surface area contributed by atoms with Crippen molar-refractivity contribution < 1.29 is 0 Å². The minimum atomic E-state index is 0. The second-order valence-electron chi connectivity index (χ2n) is 1.92. The molecule has 0 fully saturated rings. The van der Waals surface area contributed by atoms with Crippen LogP contribution >= 0.6 is 28.3 Å². The molecular weight excluding hydrogens is 211 g/mol. The van der Waals surface area contributed by atoms with Gasteiger partial charge in [0.15, 0.2) is 0 Å². The van der Waals surface area contributed by atoms with E-state index in [0.29, 0.717) is 0 Å². The van der Waals surface area contributed by atoms with Crippen LogP contribution in [0.5, 0.6) is 0 Å². The standard InChI is InChI=1S/C8H9Br.ClH/c9-7-6-8-4-2-1-3-5-8;/h1-5H,6-7H2;1H. The van der Waals surface area contributed by atoms with Crippen molar-refractivity contribution in [2.45, 2.75) is 6.42 Å². The smallest absolute Gasteiger partial charge is 0.00718 e. The van der Waals surface area contributed by atoms with Crippen molar-refractivity contribution in [1.82, 2.24) is 0 Å². The topological polar surface area (TPSA) is 0 Å². The molecule has 0 atom stereocenters. The molecule has 0 heterocycles. The molecule has 2 heteroatoms. The Bertz CT molecular complexity index is 162. The first-order valence-electron chi connectivity index (χ1n) is 3.03. The third-order valence-corrected chi connectivity index (χ3v) is 1.62. The first-order chi connectivity index (χ1) is 4.43. The molecule has 0 radical (unpaired) electrons. The van der Waals surface area contributed by atoms with Gasteiger partial charge in [-0.2, -0.15) is 0 Å². The van der Waals surface area contributed by atoms with Gasteiger partial charge in [-0.15, -0.1) is 12.4 Å². The largest absolute Gasteiger partial charge is 0.147 e. The Balaban J connectivity index is 0.000000810. The maximum absolute atomic E-state index is 3.39. The first-order valence-corrected chi connectivity index (χ1v) is 4.15. The molecule has 0 saturated heterocycles. The average molecular weight is 222 g/mol. The molecular formula is C8H10BrCl. The van der Waals surface area contributed by atoms with Crippen molar-refractivity contribution in [2.75, 3.05) is 5.33 Å². The minimum absolute atomic E-state index is 0. The summed E-state index contributed by atoms with van der Waals surface area (Å²) in [6.45, 7) is 0. The van der Waals surface area contributed by atoms with Crippen LogP contribution in [0.25, 0.3) is 0 Å². The van der Waals surface area contributed by atoms with Crippen LogP contribution < -0.4 is 0 Å². The van der Waals surface area contributed by atoms with Crippen molar-refractivity contribution in [1.29, 1.82) is 0 Å². The van der Waals surface area contributed by atoms with Crippen LogP contribution in [0.2, 0.25) is 0 Å². The predicted octanol–water partition coefficient (Wildman–Crippen LogP) is 3.05. The van der Waals surface area contributed by atoms with Gasteiger partial charge in [0.25, 0.3) is 0 Å². The van der Waals surface area contributed by atoms with Gasteiger partial charge in [-0.3, -0.25) is 0 Å². The summed E-state index contributed by atoms with van der Waals surface area (Å²) in [4.78, 5) is 0. The van der Waals surface area contributed by atoms with Crippen molar-refractivity contribution in [3.63, 3.8) is 0 Å². The molecule has 1 aromatic rings. The van der Waals surface area contributed by atoms with Gasteiger partial charge in [-0.1, -0.05) is 46.3 Å². The molecule has 0 spiro atoms.